The number of phenols is 1. The highest BCUT2D eigenvalue weighted by atomic mass is 16.3. The molecule has 0 radical (unpaired) electrons. The van der Waals surface area contributed by atoms with Gasteiger partial charge in [-0.25, -0.2) is 0 Å². The summed E-state index contributed by atoms with van der Waals surface area (Å²) in [4.78, 5) is 0. The Hall–Kier alpha value is -1.06. The summed E-state index contributed by atoms with van der Waals surface area (Å²) in [6.45, 7) is 0.412. The number of hydrogen-bond donors (Lipinski definition) is 3. The van der Waals surface area contributed by atoms with E-state index in [-0.39, 0.29) is 5.75 Å². The summed E-state index contributed by atoms with van der Waals surface area (Å²) in [5, 5.41) is 18.8. The average molecular weight is 167 g/mol. The highest BCUT2D eigenvalue weighted by Gasteiger charge is 2.09. The van der Waals surface area contributed by atoms with Gasteiger partial charge in [-0.15, -0.1) is 0 Å². The number of benzene rings is 1. The predicted octanol–water partition coefficient (Wildman–Crippen LogP) is 0.774. The molecule has 0 bridgehead atoms. The third-order valence-electron chi connectivity index (χ3n) is 1.74. The van der Waals surface area contributed by atoms with E-state index in [0.29, 0.717) is 18.5 Å². The van der Waals surface area contributed by atoms with Gasteiger partial charge in [0.1, 0.15) is 5.75 Å². The zero-order valence-corrected chi connectivity index (χ0v) is 6.77. The summed E-state index contributed by atoms with van der Waals surface area (Å²) in [6.07, 6.45) is -0.186. The summed E-state index contributed by atoms with van der Waals surface area (Å²) in [5.74, 6) is 0.124. The number of phenolic OH excluding ortho intramolecular Hbond substituents is 1. The maximum atomic E-state index is 9.46. The minimum absolute atomic E-state index is 0.124. The molecule has 1 unspecified atom stereocenters. The van der Waals surface area contributed by atoms with Crippen LogP contribution in [0.2, 0.25) is 0 Å². The SMILES string of the molecule is NCCC(O)c1ccccc1O. The third kappa shape index (κ3) is 1.96. The van der Waals surface area contributed by atoms with Crippen LogP contribution in [-0.2, 0) is 0 Å². The Kier molecular flexibility index (Phi) is 3.08. The van der Waals surface area contributed by atoms with E-state index in [1.807, 2.05) is 0 Å². The number of para-hydroxylation sites is 1. The Morgan fingerprint density at radius 3 is 2.58 bits per heavy atom. The van der Waals surface area contributed by atoms with Crippen molar-refractivity contribution in [2.24, 2.45) is 5.73 Å². The van der Waals surface area contributed by atoms with Crippen LogP contribution in [0, 0.1) is 0 Å². The monoisotopic (exact) mass is 167 g/mol. The molecule has 0 aliphatic carbocycles. The van der Waals surface area contributed by atoms with Crippen molar-refractivity contribution in [2.75, 3.05) is 6.54 Å². The Morgan fingerprint density at radius 2 is 2.00 bits per heavy atom. The van der Waals surface area contributed by atoms with Crippen LogP contribution in [0.4, 0.5) is 0 Å². The van der Waals surface area contributed by atoms with Crippen LogP contribution in [0.1, 0.15) is 18.1 Å². The summed E-state index contributed by atoms with van der Waals surface area (Å²) in [5.41, 5.74) is 5.82. The van der Waals surface area contributed by atoms with Gasteiger partial charge in [-0.05, 0) is 19.0 Å². The first-order valence-corrected chi connectivity index (χ1v) is 3.91. The van der Waals surface area contributed by atoms with Gasteiger partial charge < -0.3 is 15.9 Å². The molecule has 1 atom stereocenters. The lowest BCUT2D eigenvalue weighted by molar-refractivity contribution is 0.166. The van der Waals surface area contributed by atoms with E-state index in [0.717, 1.165) is 0 Å². The Labute approximate surface area is 71.5 Å². The van der Waals surface area contributed by atoms with Crippen LogP contribution in [0.5, 0.6) is 5.75 Å². The number of rotatable bonds is 3. The largest absolute Gasteiger partial charge is 0.508 e. The second-order valence-electron chi connectivity index (χ2n) is 2.65. The van der Waals surface area contributed by atoms with E-state index in [1.165, 1.54) is 0 Å². The molecule has 66 valence electrons. The van der Waals surface area contributed by atoms with Gasteiger partial charge in [0, 0.05) is 5.56 Å². The lowest BCUT2D eigenvalue weighted by Gasteiger charge is -2.10. The second kappa shape index (κ2) is 4.09. The van der Waals surface area contributed by atoms with Crippen molar-refractivity contribution in [2.45, 2.75) is 12.5 Å². The maximum Gasteiger partial charge on any atom is 0.121 e. The van der Waals surface area contributed by atoms with Gasteiger partial charge in [-0.1, -0.05) is 18.2 Å². The van der Waals surface area contributed by atoms with Crippen molar-refractivity contribution in [1.29, 1.82) is 0 Å². The van der Waals surface area contributed by atoms with Crippen molar-refractivity contribution >= 4 is 0 Å². The first-order chi connectivity index (χ1) is 5.75. The molecule has 0 aliphatic heterocycles. The van der Waals surface area contributed by atoms with Crippen LogP contribution in [0.25, 0.3) is 0 Å². The molecule has 0 amide bonds. The van der Waals surface area contributed by atoms with Crippen LogP contribution >= 0.6 is 0 Å². The molecular formula is C9H13NO2. The molecule has 0 aliphatic rings. The molecule has 1 aromatic carbocycles. The van der Waals surface area contributed by atoms with E-state index < -0.39 is 6.10 Å². The normalized spacial score (nSPS) is 12.8. The minimum atomic E-state index is -0.656. The molecule has 4 N–H and O–H groups in total. The molecule has 0 saturated carbocycles. The summed E-state index contributed by atoms with van der Waals surface area (Å²) in [7, 11) is 0. The Balaban J connectivity index is 2.79. The quantitative estimate of drug-likeness (QED) is 0.623. The zero-order valence-electron chi connectivity index (χ0n) is 6.77. The fourth-order valence-electron chi connectivity index (χ4n) is 1.08. The van der Waals surface area contributed by atoms with E-state index >= 15 is 0 Å². The van der Waals surface area contributed by atoms with Gasteiger partial charge in [-0.3, -0.25) is 0 Å². The van der Waals surface area contributed by atoms with Crippen LogP contribution in [0.3, 0.4) is 0 Å². The van der Waals surface area contributed by atoms with E-state index in [4.69, 9.17) is 5.73 Å². The number of aromatic hydroxyl groups is 1. The number of aliphatic hydroxyl groups excluding tert-OH is 1. The van der Waals surface area contributed by atoms with Crippen LogP contribution < -0.4 is 5.73 Å². The van der Waals surface area contributed by atoms with Crippen molar-refractivity contribution in [3.05, 3.63) is 29.8 Å². The molecule has 0 spiro atoms. The topological polar surface area (TPSA) is 66.5 Å². The average Bonchev–Trinajstić information content (AvgIpc) is 2.05. The number of nitrogens with two attached hydrogens (primary N) is 1. The van der Waals surface area contributed by atoms with Crippen LogP contribution in [0.15, 0.2) is 24.3 Å². The summed E-state index contributed by atoms with van der Waals surface area (Å²) in [6, 6.07) is 6.73. The fourth-order valence-corrected chi connectivity index (χ4v) is 1.08. The smallest absolute Gasteiger partial charge is 0.121 e. The Morgan fingerprint density at radius 1 is 1.33 bits per heavy atom. The number of hydrogen-bond acceptors (Lipinski definition) is 3. The van der Waals surface area contributed by atoms with Crippen molar-refractivity contribution in [1.82, 2.24) is 0 Å². The van der Waals surface area contributed by atoms with Gasteiger partial charge in [0.05, 0.1) is 6.10 Å². The lowest BCUT2D eigenvalue weighted by Crippen LogP contribution is -2.06. The molecule has 0 aromatic heterocycles. The van der Waals surface area contributed by atoms with E-state index in [9.17, 15) is 10.2 Å². The highest BCUT2D eigenvalue weighted by Crippen LogP contribution is 2.24. The first kappa shape index (κ1) is 9.03. The van der Waals surface area contributed by atoms with E-state index in [1.54, 1.807) is 24.3 Å². The van der Waals surface area contributed by atoms with Gasteiger partial charge in [0.2, 0.25) is 0 Å². The van der Waals surface area contributed by atoms with E-state index in [2.05, 4.69) is 0 Å². The highest BCUT2D eigenvalue weighted by molar-refractivity contribution is 5.33. The molecule has 0 saturated heterocycles. The van der Waals surface area contributed by atoms with Gasteiger partial charge in [-0.2, -0.15) is 0 Å². The van der Waals surface area contributed by atoms with Crippen molar-refractivity contribution in [3.8, 4) is 5.75 Å². The number of aliphatic hydroxyl groups is 1. The standard InChI is InChI=1S/C9H13NO2/c10-6-5-9(12)7-3-1-2-4-8(7)11/h1-4,9,11-12H,5-6,10H2. The molecule has 3 heteroatoms. The first-order valence-electron chi connectivity index (χ1n) is 3.91. The van der Waals surface area contributed by atoms with Gasteiger partial charge in [0.15, 0.2) is 0 Å². The minimum Gasteiger partial charge on any atom is -0.508 e. The molecular weight excluding hydrogens is 154 g/mol. The van der Waals surface area contributed by atoms with Gasteiger partial charge in [0.25, 0.3) is 0 Å². The van der Waals surface area contributed by atoms with Crippen molar-refractivity contribution < 1.29 is 10.2 Å². The van der Waals surface area contributed by atoms with Gasteiger partial charge >= 0.3 is 0 Å². The molecule has 0 fully saturated rings. The molecule has 1 rings (SSSR count). The molecule has 0 heterocycles. The summed E-state index contributed by atoms with van der Waals surface area (Å²) < 4.78 is 0. The fraction of sp³-hybridized carbons (Fsp3) is 0.333. The van der Waals surface area contributed by atoms with Crippen molar-refractivity contribution in [3.63, 3.8) is 0 Å². The molecule has 3 nitrogen and oxygen atoms in total. The Bertz CT molecular complexity index is 250. The molecule has 1 aromatic rings. The maximum absolute atomic E-state index is 9.46. The predicted molar refractivity (Wildman–Crippen MR) is 46.7 cm³/mol. The molecule has 12 heavy (non-hydrogen) atoms. The van der Waals surface area contributed by atoms with Crippen LogP contribution in [-0.4, -0.2) is 16.8 Å². The third-order valence-corrected chi connectivity index (χ3v) is 1.74. The summed E-state index contributed by atoms with van der Waals surface area (Å²) >= 11 is 0. The zero-order chi connectivity index (χ0) is 8.97. The second-order valence-corrected chi connectivity index (χ2v) is 2.65. The lowest BCUT2D eigenvalue weighted by atomic mass is 10.1.